The average Bonchev–Trinajstić information content (AvgIpc) is 2.62. The van der Waals surface area contributed by atoms with E-state index < -0.39 is 0 Å². The number of halogens is 1. The largest absolute Gasteiger partial charge is 0.347 e. The molecule has 6 nitrogen and oxygen atoms in total. The zero-order valence-corrected chi connectivity index (χ0v) is 14.3. The number of hydrogen-bond donors (Lipinski definition) is 2. The molecule has 25 heavy (non-hydrogen) atoms. The van der Waals surface area contributed by atoms with Crippen molar-refractivity contribution in [3.63, 3.8) is 0 Å². The van der Waals surface area contributed by atoms with Crippen molar-refractivity contribution >= 4 is 29.0 Å². The SMILES string of the molecule is Cc1nc(Nc2ccc(Cl)cc2)cc(C(=O)NCc2ccncc2)n1. The predicted molar refractivity (Wildman–Crippen MR) is 96.9 cm³/mol. The second-order valence-corrected chi connectivity index (χ2v) is 5.79. The number of nitrogens with zero attached hydrogens (tertiary/aromatic N) is 3. The highest BCUT2D eigenvalue weighted by atomic mass is 35.5. The number of rotatable bonds is 5. The smallest absolute Gasteiger partial charge is 0.270 e. The highest BCUT2D eigenvalue weighted by molar-refractivity contribution is 6.30. The highest BCUT2D eigenvalue weighted by Gasteiger charge is 2.10. The van der Waals surface area contributed by atoms with Gasteiger partial charge in [-0.05, 0) is 48.9 Å². The lowest BCUT2D eigenvalue weighted by Gasteiger charge is -2.09. The monoisotopic (exact) mass is 353 g/mol. The summed E-state index contributed by atoms with van der Waals surface area (Å²) in [5, 5.41) is 6.64. The summed E-state index contributed by atoms with van der Waals surface area (Å²) in [7, 11) is 0. The van der Waals surface area contributed by atoms with Crippen molar-refractivity contribution in [3.05, 3.63) is 77.0 Å². The molecule has 0 spiro atoms. The lowest BCUT2D eigenvalue weighted by Crippen LogP contribution is -2.24. The van der Waals surface area contributed by atoms with Crippen LogP contribution in [0.3, 0.4) is 0 Å². The Labute approximate surface area is 150 Å². The Morgan fingerprint density at radius 1 is 1.08 bits per heavy atom. The van der Waals surface area contributed by atoms with Crippen molar-refractivity contribution in [2.75, 3.05) is 5.32 Å². The van der Waals surface area contributed by atoms with Crippen LogP contribution in [0, 0.1) is 6.92 Å². The number of pyridine rings is 1. The van der Waals surface area contributed by atoms with Gasteiger partial charge < -0.3 is 10.6 Å². The Morgan fingerprint density at radius 3 is 2.52 bits per heavy atom. The van der Waals surface area contributed by atoms with E-state index in [-0.39, 0.29) is 5.91 Å². The summed E-state index contributed by atoms with van der Waals surface area (Å²) < 4.78 is 0. The van der Waals surface area contributed by atoms with Crippen molar-refractivity contribution in [1.29, 1.82) is 0 Å². The van der Waals surface area contributed by atoms with E-state index in [2.05, 4.69) is 25.6 Å². The number of benzene rings is 1. The summed E-state index contributed by atoms with van der Waals surface area (Å²) in [5.74, 6) is 0.790. The number of hydrogen-bond acceptors (Lipinski definition) is 5. The molecule has 2 N–H and O–H groups in total. The van der Waals surface area contributed by atoms with E-state index in [1.54, 1.807) is 37.5 Å². The maximum Gasteiger partial charge on any atom is 0.270 e. The minimum atomic E-state index is -0.263. The molecule has 3 aromatic rings. The van der Waals surface area contributed by atoms with Gasteiger partial charge in [0.1, 0.15) is 17.3 Å². The fourth-order valence-electron chi connectivity index (χ4n) is 2.20. The Bertz CT molecular complexity index is 868. The second kappa shape index (κ2) is 7.72. The van der Waals surface area contributed by atoms with E-state index in [0.29, 0.717) is 28.9 Å². The molecule has 2 aromatic heterocycles. The normalized spacial score (nSPS) is 10.3. The van der Waals surface area contributed by atoms with Crippen LogP contribution in [0.2, 0.25) is 5.02 Å². The molecule has 126 valence electrons. The zero-order valence-electron chi connectivity index (χ0n) is 13.5. The Morgan fingerprint density at radius 2 is 1.80 bits per heavy atom. The van der Waals surface area contributed by atoms with Crippen LogP contribution in [0.15, 0.2) is 54.9 Å². The molecule has 0 bridgehead atoms. The van der Waals surface area contributed by atoms with Crippen LogP contribution >= 0.6 is 11.6 Å². The topological polar surface area (TPSA) is 79.8 Å². The van der Waals surface area contributed by atoms with Crippen LogP contribution < -0.4 is 10.6 Å². The van der Waals surface area contributed by atoms with E-state index in [0.717, 1.165) is 11.3 Å². The first-order valence-corrected chi connectivity index (χ1v) is 8.03. The summed E-state index contributed by atoms with van der Waals surface area (Å²) in [6, 6.07) is 12.5. The van der Waals surface area contributed by atoms with Crippen LogP contribution in [0.1, 0.15) is 21.9 Å². The maximum absolute atomic E-state index is 12.4. The van der Waals surface area contributed by atoms with Crippen LogP contribution in [0.4, 0.5) is 11.5 Å². The Balaban J connectivity index is 1.72. The fraction of sp³-hybridized carbons (Fsp3) is 0.111. The molecule has 0 saturated carbocycles. The van der Waals surface area contributed by atoms with Gasteiger partial charge in [0.05, 0.1) is 0 Å². The van der Waals surface area contributed by atoms with E-state index in [1.165, 1.54) is 0 Å². The van der Waals surface area contributed by atoms with Gasteiger partial charge in [0.15, 0.2) is 0 Å². The number of carbonyl (C=O) groups excluding carboxylic acids is 1. The first-order valence-electron chi connectivity index (χ1n) is 7.65. The molecule has 0 atom stereocenters. The number of aryl methyl sites for hydroxylation is 1. The Kier molecular flexibility index (Phi) is 5.20. The molecule has 0 unspecified atom stereocenters. The van der Waals surface area contributed by atoms with E-state index in [1.807, 2.05) is 24.3 Å². The maximum atomic E-state index is 12.4. The number of nitrogens with one attached hydrogen (secondary N) is 2. The van der Waals surface area contributed by atoms with Crippen molar-refractivity contribution in [2.45, 2.75) is 13.5 Å². The number of anilines is 2. The molecule has 0 radical (unpaired) electrons. The fourth-order valence-corrected chi connectivity index (χ4v) is 2.33. The molecule has 3 rings (SSSR count). The molecule has 2 heterocycles. The molecule has 0 fully saturated rings. The zero-order chi connectivity index (χ0) is 17.6. The molecule has 1 amide bonds. The van der Waals surface area contributed by atoms with Gasteiger partial charge in [-0.3, -0.25) is 9.78 Å². The van der Waals surface area contributed by atoms with E-state index in [4.69, 9.17) is 11.6 Å². The number of carbonyl (C=O) groups is 1. The molecular formula is C18H16ClN5O. The predicted octanol–water partition coefficient (Wildman–Crippen LogP) is 3.51. The summed E-state index contributed by atoms with van der Waals surface area (Å²) >= 11 is 5.88. The summed E-state index contributed by atoms with van der Waals surface area (Å²) in [4.78, 5) is 24.8. The van der Waals surface area contributed by atoms with Crippen molar-refractivity contribution < 1.29 is 4.79 Å². The van der Waals surface area contributed by atoms with Gasteiger partial charge >= 0.3 is 0 Å². The third-order valence-electron chi connectivity index (χ3n) is 3.39. The summed E-state index contributed by atoms with van der Waals surface area (Å²) in [5.41, 5.74) is 2.09. The molecule has 1 aromatic carbocycles. The van der Waals surface area contributed by atoms with E-state index >= 15 is 0 Å². The van der Waals surface area contributed by atoms with Crippen LogP contribution in [0.25, 0.3) is 0 Å². The molecule has 0 aliphatic rings. The van der Waals surface area contributed by atoms with Crippen LogP contribution in [0.5, 0.6) is 0 Å². The van der Waals surface area contributed by atoms with Gasteiger partial charge in [-0.25, -0.2) is 9.97 Å². The standard InChI is InChI=1S/C18H16ClN5O/c1-12-22-16(18(25)21-11-13-6-8-20-9-7-13)10-17(23-12)24-15-4-2-14(19)3-5-15/h2-10H,11H2,1H3,(H,21,25)(H,22,23,24). The first kappa shape index (κ1) is 16.9. The second-order valence-electron chi connectivity index (χ2n) is 5.36. The summed E-state index contributed by atoms with van der Waals surface area (Å²) in [6.45, 7) is 2.15. The third-order valence-corrected chi connectivity index (χ3v) is 3.64. The quantitative estimate of drug-likeness (QED) is 0.733. The number of aromatic nitrogens is 3. The molecule has 7 heteroatoms. The van der Waals surface area contributed by atoms with Crippen LogP contribution in [-0.4, -0.2) is 20.9 Å². The third kappa shape index (κ3) is 4.74. The van der Waals surface area contributed by atoms with E-state index in [9.17, 15) is 4.79 Å². The average molecular weight is 354 g/mol. The van der Waals surface area contributed by atoms with Crippen molar-refractivity contribution in [3.8, 4) is 0 Å². The van der Waals surface area contributed by atoms with Gasteiger partial charge in [0, 0.05) is 35.7 Å². The molecule has 0 aliphatic heterocycles. The van der Waals surface area contributed by atoms with Gasteiger partial charge in [0.2, 0.25) is 0 Å². The summed E-state index contributed by atoms with van der Waals surface area (Å²) in [6.07, 6.45) is 3.37. The lowest BCUT2D eigenvalue weighted by atomic mass is 10.2. The van der Waals surface area contributed by atoms with Gasteiger partial charge in [-0.1, -0.05) is 11.6 Å². The van der Waals surface area contributed by atoms with Crippen LogP contribution in [-0.2, 0) is 6.54 Å². The molecule has 0 aliphatic carbocycles. The van der Waals surface area contributed by atoms with Gasteiger partial charge in [-0.15, -0.1) is 0 Å². The van der Waals surface area contributed by atoms with Gasteiger partial charge in [0.25, 0.3) is 5.91 Å². The van der Waals surface area contributed by atoms with Crippen molar-refractivity contribution in [2.24, 2.45) is 0 Å². The molecular weight excluding hydrogens is 338 g/mol. The lowest BCUT2D eigenvalue weighted by molar-refractivity contribution is 0.0945. The highest BCUT2D eigenvalue weighted by Crippen LogP contribution is 2.18. The molecule has 0 saturated heterocycles. The Hall–Kier alpha value is -2.99. The van der Waals surface area contributed by atoms with Gasteiger partial charge in [-0.2, -0.15) is 0 Å². The van der Waals surface area contributed by atoms with Crippen molar-refractivity contribution in [1.82, 2.24) is 20.3 Å². The minimum absolute atomic E-state index is 0.263. The first-order chi connectivity index (χ1) is 12.1. The minimum Gasteiger partial charge on any atom is -0.347 e. The number of amides is 1.